The Kier molecular flexibility index (Phi) is 4.14. The van der Waals surface area contributed by atoms with Crippen molar-refractivity contribution < 1.29 is 4.79 Å². The van der Waals surface area contributed by atoms with Crippen molar-refractivity contribution in [2.24, 2.45) is 0 Å². The average molecular weight is 347 g/mol. The summed E-state index contributed by atoms with van der Waals surface area (Å²) in [7, 11) is 0. The molecule has 1 aromatic heterocycles. The van der Waals surface area contributed by atoms with E-state index in [-0.39, 0.29) is 11.9 Å². The van der Waals surface area contributed by atoms with Gasteiger partial charge in [-0.2, -0.15) is 0 Å². The van der Waals surface area contributed by atoms with E-state index in [1.165, 1.54) is 23.3 Å². The fraction of sp³-hybridized carbons (Fsp3) is 0.389. The van der Waals surface area contributed by atoms with Crippen molar-refractivity contribution in [3.63, 3.8) is 0 Å². The van der Waals surface area contributed by atoms with Crippen molar-refractivity contribution in [2.75, 3.05) is 13.1 Å². The minimum atomic E-state index is 0.00997. The maximum atomic E-state index is 12.8. The number of fused-ring (bicyclic) bond motifs is 1. The first-order valence-corrected chi connectivity index (χ1v) is 9.33. The zero-order valence-electron chi connectivity index (χ0n) is 12.8. The van der Waals surface area contributed by atoms with E-state index in [1.807, 2.05) is 29.2 Å². The summed E-state index contributed by atoms with van der Waals surface area (Å²) < 4.78 is 0. The SMILES string of the molecule is O=C(CNC1CC1)N1CCc2sccc2C1c1ccc(Cl)cc1. The fourth-order valence-electron chi connectivity index (χ4n) is 3.21. The molecule has 1 saturated carbocycles. The molecule has 1 aromatic carbocycles. The van der Waals surface area contributed by atoms with Crippen LogP contribution in [0.1, 0.15) is 34.9 Å². The summed E-state index contributed by atoms with van der Waals surface area (Å²) in [5.74, 6) is 0.189. The van der Waals surface area contributed by atoms with Crippen LogP contribution in [0, 0.1) is 0 Å². The maximum absolute atomic E-state index is 12.8. The van der Waals surface area contributed by atoms with Gasteiger partial charge in [0.15, 0.2) is 0 Å². The maximum Gasteiger partial charge on any atom is 0.237 e. The minimum Gasteiger partial charge on any atom is -0.330 e. The van der Waals surface area contributed by atoms with Gasteiger partial charge in [-0.15, -0.1) is 11.3 Å². The molecular weight excluding hydrogens is 328 g/mol. The first kappa shape index (κ1) is 15.2. The Labute approximate surface area is 145 Å². The molecule has 1 aliphatic carbocycles. The van der Waals surface area contributed by atoms with E-state index < -0.39 is 0 Å². The van der Waals surface area contributed by atoms with Gasteiger partial charge in [0.25, 0.3) is 0 Å². The first-order chi connectivity index (χ1) is 11.2. The summed E-state index contributed by atoms with van der Waals surface area (Å²) >= 11 is 7.82. The van der Waals surface area contributed by atoms with Crippen LogP contribution in [0.4, 0.5) is 0 Å². The number of benzene rings is 1. The molecule has 1 atom stereocenters. The molecule has 3 nitrogen and oxygen atoms in total. The molecule has 2 aromatic rings. The van der Waals surface area contributed by atoms with Crippen LogP contribution >= 0.6 is 22.9 Å². The summed E-state index contributed by atoms with van der Waals surface area (Å²) in [6.45, 7) is 1.22. The van der Waals surface area contributed by atoms with Gasteiger partial charge in [0.05, 0.1) is 12.6 Å². The van der Waals surface area contributed by atoms with Gasteiger partial charge in [0.1, 0.15) is 0 Å². The number of carbonyl (C=O) groups is 1. The smallest absolute Gasteiger partial charge is 0.237 e. The molecule has 1 N–H and O–H groups in total. The molecule has 120 valence electrons. The predicted molar refractivity (Wildman–Crippen MR) is 94.1 cm³/mol. The van der Waals surface area contributed by atoms with Gasteiger partial charge >= 0.3 is 0 Å². The number of nitrogens with one attached hydrogen (secondary N) is 1. The minimum absolute atomic E-state index is 0.00997. The molecule has 0 bridgehead atoms. The summed E-state index contributed by atoms with van der Waals surface area (Å²) in [5.41, 5.74) is 2.40. The first-order valence-electron chi connectivity index (χ1n) is 8.07. The third kappa shape index (κ3) is 3.16. The van der Waals surface area contributed by atoms with E-state index in [0.29, 0.717) is 12.6 Å². The van der Waals surface area contributed by atoms with Crippen LogP contribution in [0.15, 0.2) is 35.7 Å². The van der Waals surface area contributed by atoms with Crippen LogP contribution in [-0.2, 0) is 11.2 Å². The summed E-state index contributed by atoms with van der Waals surface area (Å²) in [6, 6.07) is 10.6. The largest absolute Gasteiger partial charge is 0.330 e. The molecule has 2 heterocycles. The van der Waals surface area contributed by atoms with Crippen LogP contribution < -0.4 is 5.32 Å². The van der Waals surface area contributed by atoms with Gasteiger partial charge in [-0.25, -0.2) is 0 Å². The van der Waals surface area contributed by atoms with Gasteiger partial charge in [-0.1, -0.05) is 23.7 Å². The highest BCUT2D eigenvalue weighted by molar-refractivity contribution is 7.10. The van der Waals surface area contributed by atoms with E-state index in [0.717, 1.165) is 23.6 Å². The Morgan fingerprint density at radius 3 is 2.78 bits per heavy atom. The van der Waals surface area contributed by atoms with Crippen molar-refractivity contribution in [3.8, 4) is 0 Å². The normalized spacial score (nSPS) is 20.4. The van der Waals surface area contributed by atoms with Crippen molar-refractivity contribution in [1.82, 2.24) is 10.2 Å². The number of halogens is 1. The highest BCUT2D eigenvalue weighted by atomic mass is 35.5. The van der Waals surface area contributed by atoms with Gasteiger partial charge in [-0.05, 0) is 54.0 Å². The van der Waals surface area contributed by atoms with Crippen LogP contribution in [0.25, 0.3) is 0 Å². The second-order valence-electron chi connectivity index (χ2n) is 6.25. The second kappa shape index (κ2) is 6.27. The molecule has 1 fully saturated rings. The van der Waals surface area contributed by atoms with E-state index in [1.54, 1.807) is 11.3 Å². The van der Waals surface area contributed by atoms with Crippen molar-refractivity contribution in [1.29, 1.82) is 0 Å². The number of nitrogens with zero attached hydrogens (tertiary/aromatic N) is 1. The van der Waals surface area contributed by atoms with E-state index in [4.69, 9.17) is 11.6 Å². The third-order valence-electron chi connectivity index (χ3n) is 4.59. The lowest BCUT2D eigenvalue weighted by Gasteiger charge is -2.36. The Morgan fingerprint density at radius 2 is 2.04 bits per heavy atom. The zero-order valence-corrected chi connectivity index (χ0v) is 14.4. The number of rotatable bonds is 4. The lowest BCUT2D eigenvalue weighted by Crippen LogP contribution is -2.44. The zero-order chi connectivity index (χ0) is 15.8. The number of hydrogen-bond donors (Lipinski definition) is 1. The molecule has 0 spiro atoms. The van der Waals surface area contributed by atoms with Gasteiger partial charge in [-0.3, -0.25) is 4.79 Å². The monoisotopic (exact) mass is 346 g/mol. The van der Waals surface area contributed by atoms with Gasteiger partial charge < -0.3 is 10.2 Å². The molecule has 5 heteroatoms. The Bertz CT molecular complexity index is 708. The Hall–Kier alpha value is -1.36. The number of amides is 1. The molecular formula is C18H19ClN2OS. The number of hydrogen-bond acceptors (Lipinski definition) is 3. The highest BCUT2D eigenvalue weighted by Gasteiger charge is 2.33. The molecule has 1 unspecified atom stereocenters. The van der Waals surface area contributed by atoms with Gasteiger partial charge in [0.2, 0.25) is 5.91 Å². The molecule has 1 amide bonds. The topological polar surface area (TPSA) is 32.3 Å². The number of thiophene rings is 1. The van der Waals surface area contributed by atoms with E-state index >= 15 is 0 Å². The Balaban J connectivity index is 1.63. The standard InChI is InChI=1S/C18H19ClN2OS/c19-13-3-1-12(2-4-13)18-15-8-10-23-16(15)7-9-21(18)17(22)11-20-14-5-6-14/h1-4,8,10,14,18,20H,5-7,9,11H2. The van der Waals surface area contributed by atoms with E-state index in [2.05, 4.69) is 16.8 Å². The molecule has 0 saturated heterocycles. The lowest BCUT2D eigenvalue weighted by atomic mass is 9.93. The molecule has 2 aliphatic rings. The fourth-order valence-corrected chi connectivity index (χ4v) is 4.24. The molecule has 4 rings (SSSR count). The van der Waals surface area contributed by atoms with Gasteiger partial charge in [0, 0.05) is 22.5 Å². The number of carbonyl (C=O) groups excluding carboxylic acids is 1. The summed E-state index contributed by atoms with van der Waals surface area (Å²) in [4.78, 5) is 16.2. The van der Waals surface area contributed by atoms with Crippen LogP contribution in [0.2, 0.25) is 5.02 Å². The van der Waals surface area contributed by atoms with Crippen LogP contribution in [0.3, 0.4) is 0 Å². The Morgan fingerprint density at radius 1 is 1.26 bits per heavy atom. The van der Waals surface area contributed by atoms with Crippen LogP contribution in [-0.4, -0.2) is 29.9 Å². The highest BCUT2D eigenvalue weighted by Crippen LogP contribution is 2.38. The second-order valence-corrected chi connectivity index (χ2v) is 7.68. The molecule has 1 aliphatic heterocycles. The summed E-state index contributed by atoms with van der Waals surface area (Å²) in [6.07, 6.45) is 3.34. The quantitative estimate of drug-likeness (QED) is 0.916. The van der Waals surface area contributed by atoms with Crippen molar-refractivity contribution in [3.05, 3.63) is 56.7 Å². The summed E-state index contributed by atoms with van der Waals surface area (Å²) in [5, 5.41) is 6.20. The van der Waals surface area contributed by atoms with Crippen LogP contribution in [0.5, 0.6) is 0 Å². The van der Waals surface area contributed by atoms with E-state index in [9.17, 15) is 4.79 Å². The molecule has 0 radical (unpaired) electrons. The lowest BCUT2D eigenvalue weighted by molar-refractivity contribution is -0.132. The molecule has 23 heavy (non-hydrogen) atoms. The van der Waals surface area contributed by atoms with Crippen molar-refractivity contribution in [2.45, 2.75) is 31.3 Å². The van der Waals surface area contributed by atoms with Crippen molar-refractivity contribution >= 4 is 28.8 Å². The average Bonchev–Trinajstić information content (AvgIpc) is 3.27. The third-order valence-corrected chi connectivity index (χ3v) is 5.84. The predicted octanol–water partition coefficient (Wildman–Crippen LogP) is 3.63.